The number of halogens is 4. The van der Waals surface area contributed by atoms with E-state index in [1.165, 1.54) is 0 Å². The first-order valence-electron chi connectivity index (χ1n) is 4.39. The average molecular weight is 258 g/mol. The summed E-state index contributed by atoms with van der Waals surface area (Å²) in [5.74, 6) is 1.38. The van der Waals surface area contributed by atoms with Gasteiger partial charge in [0.2, 0.25) is 0 Å². The summed E-state index contributed by atoms with van der Waals surface area (Å²) >= 11 is 24.4. The van der Waals surface area contributed by atoms with E-state index in [4.69, 9.17) is 46.4 Å². The molecule has 0 spiro atoms. The summed E-state index contributed by atoms with van der Waals surface area (Å²) in [6.07, 6.45) is 5.13. The van der Waals surface area contributed by atoms with Crippen LogP contribution in [0.4, 0.5) is 0 Å². The lowest BCUT2D eigenvalue weighted by Gasteiger charge is -1.98. The lowest BCUT2D eigenvalue weighted by molar-refractivity contribution is 0.614. The zero-order chi connectivity index (χ0) is 9.43. The summed E-state index contributed by atoms with van der Waals surface area (Å²) in [5, 5.41) is 0. The van der Waals surface area contributed by atoms with Crippen LogP contribution in [0.15, 0.2) is 12.2 Å². The summed E-state index contributed by atoms with van der Waals surface area (Å²) in [6.45, 7) is 0. The molecule has 0 bridgehead atoms. The van der Waals surface area contributed by atoms with Crippen LogP contribution in [0.2, 0.25) is 0 Å². The van der Waals surface area contributed by atoms with E-state index in [-0.39, 0.29) is 0 Å². The van der Waals surface area contributed by atoms with E-state index >= 15 is 0 Å². The molecule has 4 atom stereocenters. The first kappa shape index (κ1) is 9.15. The number of rotatable bonds is 0. The summed E-state index contributed by atoms with van der Waals surface area (Å²) in [5.41, 5.74) is 0. The van der Waals surface area contributed by atoms with Crippen LogP contribution in [0.5, 0.6) is 0 Å². The average Bonchev–Trinajstić information content (AvgIpc) is 2.75. The predicted molar refractivity (Wildman–Crippen MR) is 56.6 cm³/mol. The Bertz CT molecular complexity index is 266. The van der Waals surface area contributed by atoms with Crippen LogP contribution in [-0.2, 0) is 0 Å². The van der Waals surface area contributed by atoms with Crippen molar-refractivity contribution in [2.24, 2.45) is 23.7 Å². The molecule has 0 heterocycles. The highest BCUT2D eigenvalue weighted by Crippen LogP contribution is 2.72. The minimum atomic E-state index is -0.548. The largest absolute Gasteiger partial charge is 0.128 e. The standard InChI is InChI=1S/C9H8Cl4/c10-8(11)4-1-2-5-7(3-6(4)8)9(5,12)13/h1-2,4-7H,3H2/t4-,5+,6-,7-/m1/s1. The van der Waals surface area contributed by atoms with Crippen molar-refractivity contribution < 1.29 is 0 Å². The highest BCUT2D eigenvalue weighted by atomic mass is 35.5. The van der Waals surface area contributed by atoms with Crippen LogP contribution < -0.4 is 0 Å². The second kappa shape index (κ2) is 2.35. The van der Waals surface area contributed by atoms with Crippen LogP contribution in [0, 0.1) is 23.7 Å². The van der Waals surface area contributed by atoms with Gasteiger partial charge in [-0.25, -0.2) is 0 Å². The molecule has 0 N–H and O–H groups in total. The molecule has 0 aliphatic heterocycles. The quantitative estimate of drug-likeness (QED) is 0.458. The highest BCUT2D eigenvalue weighted by molar-refractivity contribution is 6.52. The monoisotopic (exact) mass is 256 g/mol. The molecule has 0 amide bonds. The van der Waals surface area contributed by atoms with Gasteiger partial charge in [0.05, 0.1) is 0 Å². The van der Waals surface area contributed by atoms with Crippen LogP contribution in [0.3, 0.4) is 0 Å². The van der Waals surface area contributed by atoms with Crippen molar-refractivity contribution in [3.63, 3.8) is 0 Å². The van der Waals surface area contributed by atoms with Crippen molar-refractivity contribution >= 4 is 46.4 Å². The second-order valence-electron chi connectivity index (χ2n) is 4.23. The smallest absolute Gasteiger partial charge is 0.101 e. The van der Waals surface area contributed by atoms with E-state index < -0.39 is 8.67 Å². The predicted octanol–water partition coefficient (Wildman–Crippen LogP) is 3.79. The normalized spacial score (nSPS) is 53.2. The van der Waals surface area contributed by atoms with Gasteiger partial charge in [-0.1, -0.05) is 12.2 Å². The molecule has 0 aromatic heterocycles. The lowest BCUT2D eigenvalue weighted by Crippen LogP contribution is -1.96. The van der Waals surface area contributed by atoms with Crippen molar-refractivity contribution in [1.29, 1.82) is 0 Å². The Morgan fingerprint density at radius 1 is 0.846 bits per heavy atom. The summed E-state index contributed by atoms with van der Waals surface area (Å²) in [6, 6.07) is 0. The molecule has 0 aromatic rings. The third kappa shape index (κ3) is 1.07. The maximum atomic E-state index is 6.09. The van der Waals surface area contributed by atoms with E-state index in [2.05, 4.69) is 12.2 Å². The number of fused-ring (bicyclic) bond motifs is 2. The van der Waals surface area contributed by atoms with Gasteiger partial charge in [-0.15, -0.1) is 46.4 Å². The van der Waals surface area contributed by atoms with E-state index in [9.17, 15) is 0 Å². The van der Waals surface area contributed by atoms with Gasteiger partial charge < -0.3 is 0 Å². The van der Waals surface area contributed by atoms with Gasteiger partial charge in [0.15, 0.2) is 0 Å². The number of alkyl halides is 4. The van der Waals surface area contributed by atoms with E-state index in [0.29, 0.717) is 23.7 Å². The Hall–Kier alpha value is 0.900. The van der Waals surface area contributed by atoms with E-state index in [1.54, 1.807) is 0 Å². The minimum absolute atomic E-state index is 0.327. The third-order valence-electron chi connectivity index (χ3n) is 3.56. The molecular weight excluding hydrogens is 250 g/mol. The van der Waals surface area contributed by atoms with Gasteiger partial charge in [0.25, 0.3) is 0 Å². The van der Waals surface area contributed by atoms with Gasteiger partial charge in [-0.2, -0.15) is 0 Å². The highest BCUT2D eigenvalue weighted by Gasteiger charge is 2.71. The van der Waals surface area contributed by atoms with Crippen molar-refractivity contribution in [3.05, 3.63) is 12.2 Å². The van der Waals surface area contributed by atoms with Gasteiger partial charge >= 0.3 is 0 Å². The molecule has 2 saturated carbocycles. The Balaban J connectivity index is 1.86. The second-order valence-corrected chi connectivity index (χ2v) is 7.12. The topological polar surface area (TPSA) is 0 Å². The van der Waals surface area contributed by atoms with Crippen molar-refractivity contribution in [1.82, 2.24) is 0 Å². The molecule has 3 rings (SSSR count). The fourth-order valence-corrected chi connectivity index (χ4v) is 4.02. The Morgan fingerprint density at radius 3 is 1.62 bits per heavy atom. The van der Waals surface area contributed by atoms with E-state index in [0.717, 1.165) is 6.42 Å². The van der Waals surface area contributed by atoms with Crippen molar-refractivity contribution in [3.8, 4) is 0 Å². The maximum absolute atomic E-state index is 6.09. The molecule has 0 nitrogen and oxygen atoms in total. The summed E-state index contributed by atoms with van der Waals surface area (Å²) in [7, 11) is 0. The Morgan fingerprint density at radius 2 is 1.23 bits per heavy atom. The molecule has 0 aromatic carbocycles. The van der Waals surface area contributed by atoms with Gasteiger partial charge in [0, 0.05) is 23.7 Å². The summed E-state index contributed by atoms with van der Waals surface area (Å²) < 4.78 is -1.10. The first-order chi connectivity index (χ1) is 5.95. The molecule has 13 heavy (non-hydrogen) atoms. The van der Waals surface area contributed by atoms with Crippen molar-refractivity contribution in [2.45, 2.75) is 15.1 Å². The van der Waals surface area contributed by atoms with Crippen LogP contribution >= 0.6 is 46.4 Å². The molecule has 0 radical (unpaired) electrons. The molecule has 4 heteroatoms. The maximum Gasteiger partial charge on any atom is 0.128 e. The number of hydrogen-bond acceptors (Lipinski definition) is 0. The third-order valence-corrected chi connectivity index (χ3v) is 5.69. The number of allylic oxidation sites excluding steroid dienone is 2. The molecule has 72 valence electrons. The molecule has 3 aliphatic carbocycles. The molecule has 2 fully saturated rings. The SMILES string of the molecule is ClC1(Cl)[C@@H]2C=C[C@H]3[C@@H](C[C@H]21)C3(Cl)Cl. The number of hydrogen-bond donors (Lipinski definition) is 0. The zero-order valence-electron chi connectivity index (χ0n) is 6.68. The van der Waals surface area contributed by atoms with Gasteiger partial charge in [-0.05, 0) is 6.42 Å². The zero-order valence-corrected chi connectivity index (χ0v) is 9.71. The van der Waals surface area contributed by atoms with E-state index in [1.807, 2.05) is 0 Å². The minimum Gasteiger partial charge on any atom is -0.101 e. The van der Waals surface area contributed by atoms with Crippen LogP contribution in [0.1, 0.15) is 6.42 Å². The molecular formula is C9H8Cl4. The fourth-order valence-electron chi connectivity index (χ4n) is 2.48. The molecule has 0 saturated heterocycles. The van der Waals surface area contributed by atoms with Gasteiger partial charge in [0.1, 0.15) is 8.67 Å². The lowest BCUT2D eigenvalue weighted by atomic mass is 10.2. The fraction of sp³-hybridized carbons (Fsp3) is 0.778. The molecule has 3 aliphatic rings. The first-order valence-corrected chi connectivity index (χ1v) is 5.91. The van der Waals surface area contributed by atoms with Gasteiger partial charge in [-0.3, -0.25) is 0 Å². The Kier molecular flexibility index (Phi) is 1.65. The van der Waals surface area contributed by atoms with Crippen molar-refractivity contribution in [2.75, 3.05) is 0 Å². The Labute approximate surface area is 97.2 Å². The van der Waals surface area contributed by atoms with Crippen LogP contribution in [-0.4, -0.2) is 8.67 Å². The molecule has 0 unspecified atom stereocenters. The summed E-state index contributed by atoms with van der Waals surface area (Å²) in [4.78, 5) is 0. The van der Waals surface area contributed by atoms with Crippen LogP contribution in [0.25, 0.3) is 0 Å².